The topological polar surface area (TPSA) is 79.6 Å². The predicted molar refractivity (Wildman–Crippen MR) is 91.0 cm³/mol. The highest BCUT2D eigenvalue weighted by molar-refractivity contribution is 7.71. The van der Waals surface area contributed by atoms with Gasteiger partial charge in [0.15, 0.2) is 11.5 Å². The van der Waals surface area contributed by atoms with Crippen LogP contribution in [0.25, 0.3) is 10.9 Å². The Balaban J connectivity index is 2.08. The van der Waals surface area contributed by atoms with Crippen molar-refractivity contribution in [1.29, 1.82) is 0 Å². The summed E-state index contributed by atoms with van der Waals surface area (Å²) < 4.78 is 6.36. The van der Waals surface area contributed by atoms with Crippen LogP contribution >= 0.6 is 12.2 Å². The fourth-order valence-corrected chi connectivity index (χ4v) is 2.40. The Morgan fingerprint density at radius 1 is 1.30 bits per heavy atom. The highest BCUT2D eigenvalue weighted by Gasteiger charge is 2.04. The molecule has 3 rings (SSSR count). The van der Waals surface area contributed by atoms with Crippen molar-refractivity contribution in [2.45, 2.75) is 0 Å². The van der Waals surface area contributed by atoms with Gasteiger partial charge in [0, 0.05) is 0 Å². The Labute approximate surface area is 136 Å². The second kappa shape index (κ2) is 6.05. The van der Waals surface area contributed by atoms with Gasteiger partial charge in [0.25, 0.3) is 5.56 Å². The number of phenols is 1. The highest BCUT2D eigenvalue weighted by atomic mass is 32.1. The fourth-order valence-electron chi connectivity index (χ4n) is 2.16. The lowest BCUT2D eigenvalue weighted by Crippen LogP contribution is -2.18. The SMILES string of the molecule is COc1cc(/C=N/n2c(=S)[nH]c3ccccc3c2=O)ccc1O. The molecule has 0 aliphatic heterocycles. The van der Waals surface area contributed by atoms with Gasteiger partial charge in [-0.1, -0.05) is 12.1 Å². The van der Waals surface area contributed by atoms with Crippen molar-refractivity contribution >= 4 is 29.3 Å². The van der Waals surface area contributed by atoms with Crippen molar-refractivity contribution in [1.82, 2.24) is 9.66 Å². The summed E-state index contributed by atoms with van der Waals surface area (Å²) in [5.74, 6) is 0.356. The Kier molecular flexibility index (Phi) is 3.94. The minimum Gasteiger partial charge on any atom is -0.504 e. The van der Waals surface area contributed by atoms with E-state index in [1.54, 1.807) is 30.3 Å². The lowest BCUT2D eigenvalue weighted by Gasteiger charge is -2.04. The van der Waals surface area contributed by atoms with Crippen LogP contribution in [0.4, 0.5) is 0 Å². The van der Waals surface area contributed by atoms with Crippen molar-refractivity contribution in [2.75, 3.05) is 7.11 Å². The fraction of sp³-hybridized carbons (Fsp3) is 0.0625. The number of H-pyrrole nitrogens is 1. The molecule has 2 N–H and O–H groups in total. The van der Waals surface area contributed by atoms with E-state index in [1.165, 1.54) is 19.4 Å². The molecule has 0 aliphatic carbocycles. The standard InChI is InChI=1S/C16H13N3O3S/c1-22-14-8-10(6-7-13(14)20)9-17-19-15(21)11-4-2-3-5-12(11)18-16(19)23/h2-9,20H,1H3,(H,18,23)/b17-9+. The van der Waals surface area contributed by atoms with E-state index in [0.717, 1.165) is 4.68 Å². The number of nitrogens with one attached hydrogen (secondary N) is 1. The maximum Gasteiger partial charge on any atom is 0.282 e. The first-order valence-corrected chi connectivity index (χ1v) is 7.16. The quantitative estimate of drug-likeness (QED) is 0.572. The van der Waals surface area contributed by atoms with Crippen molar-refractivity contribution in [3.63, 3.8) is 0 Å². The molecule has 6 nitrogen and oxygen atoms in total. The first-order valence-electron chi connectivity index (χ1n) is 6.75. The molecule has 7 heteroatoms. The number of para-hydroxylation sites is 1. The van der Waals surface area contributed by atoms with E-state index in [-0.39, 0.29) is 16.1 Å². The molecule has 0 saturated carbocycles. The number of hydrogen-bond acceptors (Lipinski definition) is 5. The van der Waals surface area contributed by atoms with Gasteiger partial charge in [-0.2, -0.15) is 9.78 Å². The molecule has 0 bridgehead atoms. The van der Waals surface area contributed by atoms with Gasteiger partial charge in [0.2, 0.25) is 4.77 Å². The summed E-state index contributed by atoms with van der Waals surface area (Å²) in [6.07, 6.45) is 1.47. The summed E-state index contributed by atoms with van der Waals surface area (Å²) in [4.78, 5) is 15.4. The Bertz CT molecular complexity index is 1020. The van der Waals surface area contributed by atoms with Gasteiger partial charge >= 0.3 is 0 Å². The Morgan fingerprint density at radius 3 is 2.87 bits per heavy atom. The smallest absolute Gasteiger partial charge is 0.282 e. The minimum atomic E-state index is -0.300. The van der Waals surface area contributed by atoms with Crippen LogP contribution in [0.5, 0.6) is 11.5 Å². The van der Waals surface area contributed by atoms with Crippen LogP contribution in [0, 0.1) is 4.77 Å². The molecule has 0 unspecified atom stereocenters. The molecule has 0 radical (unpaired) electrons. The number of hydrogen-bond donors (Lipinski definition) is 2. The average Bonchev–Trinajstić information content (AvgIpc) is 2.56. The second-order valence-electron chi connectivity index (χ2n) is 4.77. The zero-order valence-electron chi connectivity index (χ0n) is 12.2. The number of aromatic amines is 1. The number of benzene rings is 2. The van der Waals surface area contributed by atoms with Crippen LogP contribution in [-0.2, 0) is 0 Å². The zero-order chi connectivity index (χ0) is 16.4. The van der Waals surface area contributed by atoms with Gasteiger partial charge in [0.1, 0.15) is 0 Å². The molecule has 2 aromatic carbocycles. The third-order valence-electron chi connectivity index (χ3n) is 3.31. The van der Waals surface area contributed by atoms with Crippen LogP contribution in [0.2, 0.25) is 0 Å². The lowest BCUT2D eigenvalue weighted by molar-refractivity contribution is 0.373. The predicted octanol–water partition coefficient (Wildman–Crippen LogP) is 2.66. The molecule has 0 fully saturated rings. The summed E-state index contributed by atoms with van der Waals surface area (Å²) in [7, 11) is 1.46. The molecule has 3 aromatic rings. The molecule has 1 aromatic heterocycles. The Morgan fingerprint density at radius 2 is 2.09 bits per heavy atom. The molecule has 23 heavy (non-hydrogen) atoms. The maximum absolute atomic E-state index is 12.4. The molecular weight excluding hydrogens is 314 g/mol. The second-order valence-corrected chi connectivity index (χ2v) is 5.16. The van der Waals surface area contributed by atoms with Crippen molar-refractivity contribution in [3.05, 3.63) is 63.2 Å². The van der Waals surface area contributed by atoms with Gasteiger partial charge in [-0.15, -0.1) is 0 Å². The van der Waals surface area contributed by atoms with Gasteiger partial charge < -0.3 is 14.8 Å². The molecule has 0 atom stereocenters. The van der Waals surface area contributed by atoms with E-state index < -0.39 is 0 Å². The molecule has 1 heterocycles. The zero-order valence-corrected chi connectivity index (χ0v) is 13.0. The highest BCUT2D eigenvalue weighted by Crippen LogP contribution is 2.25. The number of methoxy groups -OCH3 is 1. The van der Waals surface area contributed by atoms with Gasteiger partial charge in [0.05, 0.1) is 24.2 Å². The molecule has 116 valence electrons. The molecule has 0 saturated heterocycles. The van der Waals surface area contributed by atoms with E-state index in [0.29, 0.717) is 22.2 Å². The lowest BCUT2D eigenvalue weighted by atomic mass is 10.2. The van der Waals surface area contributed by atoms with Crippen molar-refractivity contribution in [2.24, 2.45) is 5.10 Å². The van der Waals surface area contributed by atoms with Gasteiger partial charge in [-0.25, -0.2) is 0 Å². The molecular formula is C16H13N3O3S. The summed E-state index contributed by atoms with van der Waals surface area (Å²) in [6, 6.07) is 11.8. The number of fused-ring (bicyclic) bond motifs is 1. The van der Waals surface area contributed by atoms with E-state index in [9.17, 15) is 9.90 Å². The number of ether oxygens (including phenoxy) is 1. The average molecular weight is 327 g/mol. The maximum atomic E-state index is 12.4. The van der Waals surface area contributed by atoms with Crippen molar-refractivity contribution in [3.8, 4) is 11.5 Å². The summed E-state index contributed by atoms with van der Waals surface area (Å²) in [5.41, 5.74) is 1.03. The number of aromatic nitrogens is 2. The third kappa shape index (κ3) is 2.86. The molecule has 0 amide bonds. The Hall–Kier alpha value is -2.93. The first kappa shape index (κ1) is 15.0. The van der Waals surface area contributed by atoms with Crippen LogP contribution in [0.3, 0.4) is 0 Å². The number of aromatic hydroxyl groups is 1. The van der Waals surface area contributed by atoms with Crippen LogP contribution in [0.15, 0.2) is 52.4 Å². The first-order chi connectivity index (χ1) is 11.1. The number of rotatable bonds is 3. The van der Waals surface area contributed by atoms with Crippen LogP contribution < -0.4 is 10.3 Å². The van der Waals surface area contributed by atoms with E-state index >= 15 is 0 Å². The van der Waals surface area contributed by atoms with Crippen LogP contribution in [-0.4, -0.2) is 28.1 Å². The normalized spacial score (nSPS) is 11.2. The van der Waals surface area contributed by atoms with E-state index in [1.807, 2.05) is 6.07 Å². The molecule has 0 spiro atoms. The number of phenolic OH excluding ortho intramolecular Hbond substituents is 1. The van der Waals surface area contributed by atoms with Gasteiger partial charge in [-0.05, 0) is 48.1 Å². The largest absolute Gasteiger partial charge is 0.504 e. The molecule has 0 aliphatic rings. The summed E-state index contributed by atoms with van der Waals surface area (Å²) in [6.45, 7) is 0. The number of nitrogens with zero attached hydrogens (tertiary/aromatic N) is 2. The minimum absolute atomic E-state index is 0.0322. The van der Waals surface area contributed by atoms with Crippen molar-refractivity contribution < 1.29 is 9.84 Å². The van der Waals surface area contributed by atoms with Crippen LogP contribution in [0.1, 0.15) is 5.56 Å². The third-order valence-corrected chi connectivity index (χ3v) is 3.58. The van der Waals surface area contributed by atoms with E-state index in [2.05, 4.69) is 10.1 Å². The van der Waals surface area contributed by atoms with Gasteiger partial charge in [-0.3, -0.25) is 4.79 Å². The summed E-state index contributed by atoms with van der Waals surface area (Å²) >= 11 is 5.18. The summed E-state index contributed by atoms with van der Waals surface area (Å²) in [5, 5.41) is 14.2. The van der Waals surface area contributed by atoms with E-state index in [4.69, 9.17) is 17.0 Å². The monoisotopic (exact) mass is 327 g/mol.